The Morgan fingerprint density at radius 3 is 2.41 bits per heavy atom. The van der Waals surface area contributed by atoms with E-state index in [0.29, 0.717) is 40.2 Å². The lowest BCUT2D eigenvalue weighted by atomic mass is 10.1. The molecule has 0 aliphatic heterocycles. The van der Waals surface area contributed by atoms with E-state index in [0.717, 1.165) is 16.2 Å². The van der Waals surface area contributed by atoms with E-state index in [4.69, 9.17) is 32.7 Å². The summed E-state index contributed by atoms with van der Waals surface area (Å²) < 4.78 is 10.7. The molecular weight excluding hydrogens is 469 g/mol. The average Bonchev–Trinajstić information content (AvgIpc) is 2.79. The Kier molecular flexibility index (Phi) is 8.85. The fourth-order valence-electron chi connectivity index (χ4n) is 2.81. The SMILES string of the molecule is COc1ccc(CCOC=C(C(=O)O)c2cccc(CSc3c(Cl)cccc3Cl)n2)cc1. The molecule has 1 aromatic heterocycles. The van der Waals surface area contributed by atoms with Crippen LogP contribution in [0.3, 0.4) is 0 Å². The number of carboxylic acids is 1. The van der Waals surface area contributed by atoms with E-state index < -0.39 is 5.97 Å². The number of hydrogen-bond acceptors (Lipinski definition) is 5. The Labute approximate surface area is 201 Å². The molecule has 1 heterocycles. The standard InChI is InChI=1S/C24H21Cl2NO4S/c1-30-18-10-8-16(9-11-18)12-13-31-14-19(24(28)29)22-7-2-4-17(27-22)15-32-23-20(25)5-3-6-21(23)26/h2-11,14H,12-13,15H2,1H3,(H,28,29). The van der Waals surface area contributed by atoms with Gasteiger partial charge in [0.15, 0.2) is 0 Å². The van der Waals surface area contributed by atoms with Crippen LogP contribution in [0.2, 0.25) is 10.0 Å². The summed E-state index contributed by atoms with van der Waals surface area (Å²) in [5, 5.41) is 10.8. The molecule has 1 N–H and O–H groups in total. The first kappa shape index (κ1) is 24.0. The van der Waals surface area contributed by atoms with Gasteiger partial charge in [-0.05, 0) is 42.0 Å². The van der Waals surface area contributed by atoms with Gasteiger partial charge in [-0.15, -0.1) is 11.8 Å². The average molecular weight is 490 g/mol. The summed E-state index contributed by atoms with van der Waals surface area (Å²) in [6.45, 7) is 0.337. The summed E-state index contributed by atoms with van der Waals surface area (Å²) in [6.07, 6.45) is 1.88. The molecule has 0 aliphatic rings. The van der Waals surface area contributed by atoms with Crippen LogP contribution in [0.1, 0.15) is 17.0 Å². The number of hydrogen-bond donors (Lipinski definition) is 1. The summed E-state index contributed by atoms with van der Waals surface area (Å²) in [5.41, 5.74) is 2.08. The molecule has 2 aromatic carbocycles. The van der Waals surface area contributed by atoms with Crippen LogP contribution >= 0.6 is 35.0 Å². The smallest absolute Gasteiger partial charge is 0.341 e. The van der Waals surface area contributed by atoms with E-state index in [1.54, 1.807) is 37.4 Å². The second-order valence-electron chi connectivity index (χ2n) is 6.66. The van der Waals surface area contributed by atoms with Crippen LogP contribution in [0, 0.1) is 0 Å². The van der Waals surface area contributed by atoms with Crippen molar-refractivity contribution in [3.8, 4) is 5.75 Å². The summed E-state index contributed by atoms with van der Waals surface area (Å²) in [6, 6.07) is 18.2. The number of rotatable bonds is 10. The predicted octanol–water partition coefficient (Wildman–Crippen LogP) is 6.37. The van der Waals surface area contributed by atoms with E-state index in [2.05, 4.69) is 4.98 Å². The highest BCUT2D eigenvalue weighted by Gasteiger charge is 2.14. The fraction of sp³-hybridized carbons (Fsp3) is 0.167. The van der Waals surface area contributed by atoms with Crippen molar-refractivity contribution in [1.29, 1.82) is 0 Å². The van der Waals surface area contributed by atoms with Gasteiger partial charge in [-0.2, -0.15) is 0 Å². The van der Waals surface area contributed by atoms with Crippen molar-refractivity contribution in [3.63, 3.8) is 0 Å². The number of nitrogens with zero attached hydrogens (tertiary/aromatic N) is 1. The Morgan fingerprint density at radius 2 is 1.75 bits per heavy atom. The Morgan fingerprint density at radius 1 is 1.06 bits per heavy atom. The monoisotopic (exact) mass is 489 g/mol. The first-order valence-corrected chi connectivity index (χ1v) is 11.4. The molecule has 0 spiro atoms. The molecule has 0 bridgehead atoms. The molecule has 3 aromatic rings. The molecule has 32 heavy (non-hydrogen) atoms. The molecule has 8 heteroatoms. The number of halogens is 2. The zero-order chi connectivity index (χ0) is 22.9. The summed E-state index contributed by atoms with van der Waals surface area (Å²) in [4.78, 5) is 17.0. The van der Waals surface area contributed by atoms with Gasteiger partial charge in [0, 0.05) is 17.1 Å². The number of ether oxygens (including phenoxy) is 2. The molecule has 0 fully saturated rings. The third kappa shape index (κ3) is 6.66. The van der Waals surface area contributed by atoms with Crippen molar-refractivity contribution in [2.75, 3.05) is 13.7 Å². The molecule has 166 valence electrons. The first-order chi connectivity index (χ1) is 15.5. The van der Waals surface area contributed by atoms with Gasteiger partial charge >= 0.3 is 5.97 Å². The van der Waals surface area contributed by atoms with Gasteiger partial charge in [0.05, 0.1) is 41.4 Å². The molecule has 0 saturated carbocycles. The van der Waals surface area contributed by atoms with E-state index in [1.807, 2.05) is 30.3 Å². The number of methoxy groups -OCH3 is 1. The largest absolute Gasteiger partial charge is 0.500 e. The van der Waals surface area contributed by atoms with Gasteiger partial charge in [0.25, 0.3) is 0 Å². The van der Waals surface area contributed by atoms with Gasteiger partial charge in [-0.1, -0.05) is 47.5 Å². The highest BCUT2D eigenvalue weighted by molar-refractivity contribution is 7.98. The molecule has 0 radical (unpaired) electrons. The normalized spacial score (nSPS) is 11.3. The lowest BCUT2D eigenvalue weighted by Gasteiger charge is -2.08. The number of aromatic nitrogens is 1. The van der Waals surface area contributed by atoms with Crippen molar-refractivity contribution < 1.29 is 19.4 Å². The van der Waals surface area contributed by atoms with Crippen LogP contribution in [0.5, 0.6) is 5.75 Å². The maximum Gasteiger partial charge on any atom is 0.341 e. The number of aliphatic carboxylic acids is 1. The van der Waals surface area contributed by atoms with Crippen molar-refractivity contribution in [1.82, 2.24) is 4.98 Å². The van der Waals surface area contributed by atoms with E-state index in [-0.39, 0.29) is 5.57 Å². The van der Waals surface area contributed by atoms with Gasteiger partial charge in [-0.3, -0.25) is 4.98 Å². The quantitative estimate of drug-likeness (QED) is 0.154. The topological polar surface area (TPSA) is 68.7 Å². The lowest BCUT2D eigenvalue weighted by Crippen LogP contribution is -2.05. The van der Waals surface area contributed by atoms with Crippen LogP contribution in [-0.2, 0) is 21.7 Å². The molecule has 0 atom stereocenters. The highest BCUT2D eigenvalue weighted by Crippen LogP contribution is 2.35. The zero-order valence-electron chi connectivity index (χ0n) is 17.3. The number of carboxylic acid groups (broad SMARTS) is 1. The van der Waals surface area contributed by atoms with E-state index in [9.17, 15) is 9.90 Å². The zero-order valence-corrected chi connectivity index (χ0v) is 19.6. The van der Waals surface area contributed by atoms with E-state index in [1.165, 1.54) is 18.0 Å². The van der Waals surface area contributed by atoms with Crippen molar-refractivity contribution in [2.45, 2.75) is 17.1 Å². The minimum atomic E-state index is -1.11. The first-order valence-electron chi connectivity index (χ1n) is 9.69. The maximum absolute atomic E-state index is 11.8. The lowest BCUT2D eigenvalue weighted by molar-refractivity contribution is -0.130. The second kappa shape index (κ2) is 11.8. The molecular formula is C24H21Cl2NO4S. The summed E-state index contributed by atoms with van der Waals surface area (Å²) in [7, 11) is 1.62. The van der Waals surface area contributed by atoms with E-state index >= 15 is 0 Å². The number of benzene rings is 2. The molecule has 0 amide bonds. The van der Waals surface area contributed by atoms with Crippen molar-refractivity contribution >= 4 is 46.5 Å². The van der Waals surface area contributed by atoms with Crippen molar-refractivity contribution in [3.05, 3.63) is 93.9 Å². The van der Waals surface area contributed by atoms with Gasteiger partial charge in [0.2, 0.25) is 0 Å². The second-order valence-corrected chi connectivity index (χ2v) is 8.46. The number of carbonyl (C=O) groups is 1. The Bertz CT molecular complexity index is 1080. The summed E-state index contributed by atoms with van der Waals surface area (Å²) in [5.74, 6) is 0.159. The van der Waals surface area contributed by atoms with Crippen LogP contribution in [-0.4, -0.2) is 29.8 Å². The molecule has 0 unspecified atom stereocenters. The summed E-state index contributed by atoms with van der Waals surface area (Å²) >= 11 is 13.9. The molecule has 0 aliphatic carbocycles. The van der Waals surface area contributed by atoms with Crippen LogP contribution in [0.15, 0.2) is 71.8 Å². The van der Waals surface area contributed by atoms with Gasteiger partial charge in [-0.25, -0.2) is 4.79 Å². The minimum Gasteiger partial charge on any atom is -0.500 e. The Balaban J connectivity index is 1.64. The number of pyridine rings is 1. The fourth-order valence-corrected chi connectivity index (χ4v) is 4.40. The molecule has 5 nitrogen and oxygen atoms in total. The van der Waals surface area contributed by atoms with Crippen molar-refractivity contribution in [2.24, 2.45) is 0 Å². The third-order valence-corrected chi connectivity index (χ3v) is 6.49. The van der Waals surface area contributed by atoms with Crippen LogP contribution in [0.25, 0.3) is 5.57 Å². The van der Waals surface area contributed by atoms with Crippen LogP contribution < -0.4 is 4.74 Å². The maximum atomic E-state index is 11.8. The van der Waals surface area contributed by atoms with Gasteiger partial charge in [0.1, 0.15) is 11.3 Å². The third-order valence-electron chi connectivity index (χ3n) is 4.47. The molecule has 3 rings (SSSR count). The van der Waals surface area contributed by atoms with Gasteiger partial charge < -0.3 is 14.6 Å². The predicted molar refractivity (Wildman–Crippen MR) is 129 cm³/mol. The highest BCUT2D eigenvalue weighted by atomic mass is 35.5. The minimum absolute atomic E-state index is 0.0117. The Hall–Kier alpha value is -2.67. The number of thioether (sulfide) groups is 1. The van der Waals surface area contributed by atoms with Crippen LogP contribution in [0.4, 0.5) is 0 Å². The molecule has 0 saturated heterocycles.